The van der Waals surface area contributed by atoms with Crippen LogP contribution in [0.2, 0.25) is 0 Å². The zero-order chi connectivity index (χ0) is 17.7. The van der Waals surface area contributed by atoms with E-state index in [1.54, 1.807) is 11.8 Å². The Morgan fingerprint density at radius 1 is 1.29 bits per heavy atom. The number of rotatable bonds is 7. The predicted octanol–water partition coefficient (Wildman–Crippen LogP) is 1.53. The van der Waals surface area contributed by atoms with Gasteiger partial charge in [0.2, 0.25) is 5.91 Å². The van der Waals surface area contributed by atoms with E-state index in [0.717, 1.165) is 45.9 Å². The molecule has 6 heteroatoms. The molecule has 0 aromatic rings. The maximum atomic E-state index is 12.0. The predicted molar refractivity (Wildman–Crippen MR) is 102 cm³/mol. The highest BCUT2D eigenvalue weighted by Crippen LogP contribution is 2.27. The summed E-state index contributed by atoms with van der Waals surface area (Å²) in [5, 5.41) is 3.27. The Bertz CT molecular complexity index is 411. The monoisotopic (exact) mass is 357 g/mol. The minimum absolute atomic E-state index is 0.142. The van der Waals surface area contributed by atoms with Crippen molar-refractivity contribution in [3.8, 4) is 0 Å². The number of hydrogen-bond acceptors (Lipinski definition) is 5. The Balaban J connectivity index is 1.94. The molecule has 24 heavy (non-hydrogen) atoms. The minimum atomic E-state index is 0.142. The van der Waals surface area contributed by atoms with Gasteiger partial charge in [0, 0.05) is 44.3 Å². The number of nitrogens with zero attached hydrogens (tertiary/aromatic N) is 2. The summed E-state index contributed by atoms with van der Waals surface area (Å²) in [5.74, 6) is 1.85. The van der Waals surface area contributed by atoms with Gasteiger partial charge in [-0.05, 0) is 31.9 Å². The Labute approximate surface area is 151 Å². The zero-order valence-electron chi connectivity index (χ0n) is 16.0. The first-order chi connectivity index (χ1) is 11.3. The van der Waals surface area contributed by atoms with Crippen molar-refractivity contribution in [3.05, 3.63) is 0 Å². The van der Waals surface area contributed by atoms with Gasteiger partial charge in [-0.2, -0.15) is 11.8 Å². The molecule has 2 aliphatic rings. The molecular formula is C18H35N3O2S. The first kappa shape index (κ1) is 20.0. The van der Waals surface area contributed by atoms with Crippen molar-refractivity contribution < 1.29 is 9.53 Å². The molecule has 5 nitrogen and oxygen atoms in total. The molecule has 0 spiro atoms. The van der Waals surface area contributed by atoms with Gasteiger partial charge in [0.1, 0.15) is 0 Å². The van der Waals surface area contributed by atoms with Crippen molar-refractivity contribution in [3.63, 3.8) is 0 Å². The lowest BCUT2D eigenvalue weighted by Gasteiger charge is -2.43. The smallest absolute Gasteiger partial charge is 0.230 e. The van der Waals surface area contributed by atoms with Crippen LogP contribution in [0, 0.1) is 11.8 Å². The van der Waals surface area contributed by atoms with E-state index >= 15 is 0 Å². The Kier molecular flexibility index (Phi) is 7.40. The second-order valence-electron chi connectivity index (χ2n) is 8.12. The summed E-state index contributed by atoms with van der Waals surface area (Å²) >= 11 is 1.59. The minimum Gasteiger partial charge on any atom is -0.379 e. The van der Waals surface area contributed by atoms with Crippen molar-refractivity contribution in [2.75, 3.05) is 57.9 Å². The average molecular weight is 358 g/mol. The summed E-state index contributed by atoms with van der Waals surface area (Å²) in [6.45, 7) is 16.0. The van der Waals surface area contributed by atoms with Crippen LogP contribution >= 0.6 is 11.8 Å². The van der Waals surface area contributed by atoms with Crippen LogP contribution in [0.1, 0.15) is 27.7 Å². The third kappa shape index (κ3) is 5.35. The van der Waals surface area contributed by atoms with Crippen LogP contribution in [0.4, 0.5) is 0 Å². The lowest BCUT2D eigenvalue weighted by molar-refractivity contribution is -0.119. The number of nitrogens with one attached hydrogen (secondary N) is 1. The molecule has 2 rings (SSSR count). The first-order valence-corrected chi connectivity index (χ1v) is 10.6. The molecular weight excluding hydrogens is 322 g/mol. The van der Waals surface area contributed by atoms with Crippen molar-refractivity contribution in [1.29, 1.82) is 0 Å². The molecule has 1 N–H and O–H groups in total. The van der Waals surface area contributed by atoms with Gasteiger partial charge in [-0.3, -0.25) is 14.6 Å². The standard InChI is InChI=1S/C18H35N3O2S/c1-14(2)15-10-20(11-16(15)19-17(22)12-24-5)13-18(3,4)21-6-8-23-9-7-21/h14-16H,6-13H2,1-5H3,(H,19,22)/t15-,16+/m1/s1. The highest BCUT2D eigenvalue weighted by Gasteiger charge is 2.39. The van der Waals surface area contributed by atoms with Crippen LogP contribution in [0.3, 0.4) is 0 Å². The van der Waals surface area contributed by atoms with E-state index in [0.29, 0.717) is 17.6 Å². The summed E-state index contributed by atoms with van der Waals surface area (Å²) in [6, 6.07) is 0.283. The van der Waals surface area contributed by atoms with E-state index in [1.807, 2.05) is 6.26 Å². The molecule has 0 saturated carbocycles. The Morgan fingerprint density at radius 3 is 2.54 bits per heavy atom. The third-order valence-corrected chi connectivity index (χ3v) is 5.95. The molecule has 2 heterocycles. The second kappa shape index (κ2) is 8.88. The molecule has 0 aliphatic carbocycles. The summed E-state index contributed by atoms with van der Waals surface area (Å²) in [5.41, 5.74) is 0.142. The number of thioether (sulfide) groups is 1. The molecule has 2 atom stereocenters. The van der Waals surface area contributed by atoms with Crippen LogP contribution in [-0.4, -0.2) is 85.2 Å². The highest BCUT2D eigenvalue weighted by atomic mass is 32.2. The second-order valence-corrected chi connectivity index (χ2v) is 8.99. The molecule has 1 amide bonds. The Morgan fingerprint density at radius 2 is 1.96 bits per heavy atom. The highest BCUT2D eigenvalue weighted by molar-refractivity contribution is 7.99. The quantitative estimate of drug-likeness (QED) is 0.749. The van der Waals surface area contributed by atoms with Crippen LogP contribution in [0.15, 0.2) is 0 Å². The van der Waals surface area contributed by atoms with Crippen LogP contribution in [0.5, 0.6) is 0 Å². The number of amides is 1. The van der Waals surface area contributed by atoms with E-state index in [-0.39, 0.29) is 17.5 Å². The van der Waals surface area contributed by atoms with Crippen molar-refractivity contribution >= 4 is 17.7 Å². The molecule has 2 saturated heterocycles. The lowest BCUT2D eigenvalue weighted by atomic mass is 9.91. The fourth-order valence-corrected chi connectivity index (χ4v) is 4.41. The van der Waals surface area contributed by atoms with Crippen molar-refractivity contribution in [2.45, 2.75) is 39.3 Å². The summed E-state index contributed by atoms with van der Waals surface area (Å²) < 4.78 is 5.49. The van der Waals surface area contributed by atoms with E-state index in [4.69, 9.17) is 4.74 Å². The molecule has 2 fully saturated rings. The molecule has 0 radical (unpaired) electrons. The molecule has 0 unspecified atom stereocenters. The fourth-order valence-electron chi connectivity index (χ4n) is 4.07. The number of carbonyl (C=O) groups excluding carboxylic acids is 1. The maximum absolute atomic E-state index is 12.0. The number of ether oxygens (including phenoxy) is 1. The van der Waals surface area contributed by atoms with Gasteiger partial charge in [-0.25, -0.2) is 0 Å². The topological polar surface area (TPSA) is 44.8 Å². The first-order valence-electron chi connectivity index (χ1n) is 9.17. The molecule has 0 bridgehead atoms. The molecule has 2 aliphatic heterocycles. The maximum Gasteiger partial charge on any atom is 0.230 e. The van der Waals surface area contributed by atoms with Crippen molar-refractivity contribution in [1.82, 2.24) is 15.1 Å². The van der Waals surface area contributed by atoms with Gasteiger partial charge in [0.15, 0.2) is 0 Å². The van der Waals surface area contributed by atoms with E-state index in [2.05, 4.69) is 42.8 Å². The summed E-state index contributed by atoms with van der Waals surface area (Å²) in [4.78, 5) is 17.1. The van der Waals surface area contributed by atoms with Gasteiger partial charge in [0.25, 0.3) is 0 Å². The van der Waals surface area contributed by atoms with E-state index < -0.39 is 0 Å². The molecule has 0 aromatic carbocycles. The van der Waals surface area contributed by atoms with Gasteiger partial charge in [0.05, 0.1) is 19.0 Å². The number of hydrogen-bond donors (Lipinski definition) is 1. The number of morpholine rings is 1. The van der Waals surface area contributed by atoms with Crippen LogP contribution in [-0.2, 0) is 9.53 Å². The van der Waals surface area contributed by atoms with Crippen molar-refractivity contribution in [2.24, 2.45) is 11.8 Å². The van der Waals surface area contributed by atoms with E-state index in [9.17, 15) is 4.79 Å². The SMILES string of the molecule is CSCC(=O)N[C@H]1CN(CC(C)(C)N2CCOCC2)C[C@@H]1C(C)C. The number of carbonyl (C=O) groups is 1. The van der Waals surface area contributed by atoms with Crippen LogP contribution < -0.4 is 5.32 Å². The third-order valence-electron chi connectivity index (χ3n) is 5.40. The van der Waals surface area contributed by atoms with Gasteiger partial charge in [-0.1, -0.05) is 13.8 Å². The van der Waals surface area contributed by atoms with Crippen LogP contribution in [0.25, 0.3) is 0 Å². The fraction of sp³-hybridized carbons (Fsp3) is 0.944. The molecule has 140 valence electrons. The van der Waals surface area contributed by atoms with Gasteiger partial charge >= 0.3 is 0 Å². The van der Waals surface area contributed by atoms with Gasteiger partial charge < -0.3 is 10.1 Å². The normalized spacial score (nSPS) is 26.9. The van der Waals surface area contributed by atoms with Gasteiger partial charge in [-0.15, -0.1) is 0 Å². The Hall–Kier alpha value is -0.300. The van der Waals surface area contributed by atoms with E-state index in [1.165, 1.54) is 0 Å². The summed E-state index contributed by atoms with van der Waals surface area (Å²) in [6.07, 6.45) is 1.98. The zero-order valence-corrected chi connectivity index (χ0v) is 16.8. The lowest BCUT2D eigenvalue weighted by Crippen LogP contribution is -2.55. The number of likely N-dealkylation sites (tertiary alicyclic amines) is 1. The summed E-state index contributed by atoms with van der Waals surface area (Å²) in [7, 11) is 0. The average Bonchev–Trinajstić information content (AvgIpc) is 2.90. The molecule has 0 aromatic heterocycles. The largest absolute Gasteiger partial charge is 0.379 e.